The van der Waals surface area contributed by atoms with Crippen LogP contribution in [0.3, 0.4) is 0 Å². The highest BCUT2D eigenvalue weighted by Crippen LogP contribution is 2.28. The molecule has 1 radical (unpaired) electrons. The van der Waals surface area contributed by atoms with Crippen molar-refractivity contribution in [1.82, 2.24) is 14.6 Å². The minimum absolute atomic E-state index is 0.363. The maximum Gasteiger partial charge on any atom is 0.292 e. The smallest absolute Gasteiger partial charge is 0.292 e. The van der Waals surface area contributed by atoms with Crippen molar-refractivity contribution >= 4 is 22.8 Å². The Balaban J connectivity index is 1.51. The van der Waals surface area contributed by atoms with Crippen LogP contribution < -0.4 is 11.2 Å². The second-order valence-corrected chi connectivity index (χ2v) is 7.00. The molecule has 0 aliphatic rings. The van der Waals surface area contributed by atoms with Crippen LogP contribution in [0.4, 0.5) is 17.3 Å². The van der Waals surface area contributed by atoms with E-state index in [-0.39, 0.29) is 0 Å². The summed E-state index contributed by atoms with van der Waals surface area (Å²) < 4.78 is 1.77. The van der Waals surface area contributed by atoms with Gasteiger partial charge in [-0.25, -0.2) is 9.50 Å². The van der Waals surface area contributed by atoms with E-state index in [4.69, 9.17) is 10.8 Å². The molecule has 0 atom stereocenters. The summed E-state index contributed by atoms with van der Waals surface area (Å²) in [5, 5.41) is 7.69. The summed E-state index contributed by atoms with van der Waals surface area (Å²) in [5.41, 5.74) is 5.94. The highest BCUT2D eigenvalue weighted by atomic mass is 16.3. The lowest BCUT2D eigenvalue weighted by Gasteiger charge is -2.10. The van der Waals surface area contributed by atoms with Gasteiger partial charge in [-0.05, 0) is 41.5 Å². The molecule has 0 saturated carbocycles. The Morgan fingerprint density at radius 3 is 2.45 bits per heavy atom. The zero-order valence-corrected chi connectivity index (χ0v) is 16.4. The Bertz CT molecular complexity index is 1380. The highest BCUT2D eigenvalue weighted by Gasteiger charge is 2.12. The molecule has 7 heteroatoms. The summed E-state index contributed by atoms with van der Waals surface area (Å²) in [5.74, 6) is 5.95. The monoisotopic (exact) mass is 406 g/mol. The van der Waals surface area contributed by atoms with E-state index in [2.05, 4.69) is 16.5 Å². The van der Waals surface area contributed by atoms with Crippen molar-refractivity contribution in [2.24, 2.45) is 5.84 Å². The molecule has 3 N–H and O–H groups in total. The van der Waals surface area contributed by atoms with Crippen LogP contribution in [0.2, 0.25) is 0 Å². The van der Waals surface area contributed by atoms with Gasteiger partial charge in [0.2, 0.25) is 5.95 Å². The molecule has 0 unspecified atom stereocenters. The van der Waals surface area contributed by atoms with Crippen LogP contribution in [0.1, 0.15) is 0 Å². The number of aromatic nitrogens is 3. The quantitative estimate of drug-likeness (QED) is 0.246. The molecular weight excluding hydrogens is 388 g/mol. The van der Waals surface area contributed by atoms with Crippen LogP contribution in [0.5, 0.6) is 0 Å². The van der Waals surface area contributed by atoms with E-state index < -0.39 is 0 Å². The number of nitroso groups, excluding NO2 is 1. The molecule has 149 valence electrons. The standard InChI is InChI=1S/C24H18N6O/c25-30(31)22-8-4-5-19(15-22)17-9-11-18(12-10-17)23-16-21-13-14-26-29(21)24(28-23)27-20-6-2-1-3-7-20/h2-16H,(H2,25,31)(H,27,28)/q+1. The fraction of sp³-hybridized carbons (Fsp3) is 0. The first-order valence-corrected chi connectivity index (χ1v) is 9.68. The zero-order chi connectivity index (χ0) is 21.2. The molecule has 2 aromatic heterocycles. The molecule has 0 aliphatic carbocycles. The van der Waals surface area contributed by atoms with E-state index in [0.717, 1.165) is 33.6 Å². The van der Waals surface area contributed by atoms with Crippen LogP contribution in [0.15, 0.2) is 91.1 Å². The Morgan fingerprint density at radius 1 is 0.903 bits per heavy atom. The summed E-state index contributed by atoms with van der Waals surface area (Å²) in [6, 6.07) is 29.7. The number of nitrogens with zero attached hydrogens (tertiary/aromatic N) is 4. The largest absolute Gasteiger partial charge is 0.324 e. The minimum atomic E-state index is 0.363. The van der Waals surface area contributed by atoms with Gasteiger partial charge in [0.05, 0.1) is 22.3 Å². The first kappa shape index (κ1) is 18.5. The molecule has 31 heavy (non-hydrogen) atoms. The third-order valence-corrected chi connectivity index (χ3v) is 4.97. The molecule has 7 nitrogen and oxygen atoms in total. The van der Waals surface area contributed by atoms with Crippen molar-refractivity contribution in [2.45, 2.75) is 0 Å². The lowest BCUT2D eigenvalue weighted by molar-refractivity contribution is -0.474. The van der Waals surface area contributed by atoms with E-state index in [0.29, 0.717) is 16.5 Å². The van der Waals surface area contributed by atoms with Crippen molar-refractivity contribution in [1.29, 1.82) is 0 Å². The van der Waals surface area contributed by atoms with Gasteiger partial charge in [-0.15, -0.1) is 0 Å². The predicted octanol–water partition coefficient (Wildman–Crippen LogP) is 4.89. The van der Waals surface area contributed by atoms with Crippen LogP contribution in [0.25, 0.3) is 27.9 Å². The van der Waals surface area contributed by atoms with Crippen molar-refractivity contribution in [3.8, 4) is 22.4 Å². The number of nitrogens with one attached hydrogen (secondary N) is 1. The van der Waals surface area contributed by atoms with Gasteiger partial charge in [0.15, 0.2) is 4.87 Å². The fourth-order valence-electron chi connectivity index (χ4n) is 3.42. The Labute approximate surface area is 178 Å². The van der Waals surface area contributed by atoms with Crippen LogP contribution in [-0.2, 0) is 0 Å². The van der Waals surface area contributed by atoms with E-state index in [1.54, 1.807) is 22.8 Å². The van der Waals surface area contributed by atoms with E-state index in [1.165, 1.54) is 0 Å². The SMILES string of the molecule is N[N+](=O)c1cccc(-c2ccc(-c3cc4ccnn4c(Nc4cc[c]cc4)n3)cc2)c1. The minimum Gasteiger partial charge on any atom is -0.324 e. The molecule has 0 fully saturated rings. The summed E-state index contributed by atoms with van der Waals surface area (Å²) in [6.45, 7) is 0. The predicted molar refractivity (Wildman–Crippen MR) is 120 cm³/mol. The molecule has 0 saturated heterocycles. The van der Waals surface area contributed by atoms with Gasteiger partial charge in [0.25, 0.3) is 5.69 Å². The van der Waals surface area contributed by atoms with Gasteiger partial charge in [-0.2, -0.15) is 10.9 Å². The number of anilines is 2. The first-order chi connectivity index (χ1) is 15.2. The highest BCUT2D eigenvalue weighted by molar-refractivity contribution is 5.73. The van der Waals surface area contributed by atoms with Crippen molar-refractivity contribution in [2.75, 3.05) is 5.32 Å². The molecule has 5 aromatic rings. The number of fused-ring (bicyclic) bond motifs is 1. The number of hydrogen-bond donors (Lipinski definition) is 2. The molecule has 0 amide bonds. The Kier molecular flexibility index (Phi) is 4.61. The number of nitrogens with two attached hydrogens (primary N) is 1. The van der Waals surface area contributed by atoms with Gasteiger partial charge in [-0.1, -0.05) is 48.5 Å². The molecule has 3 aromatic carbocycles. The van der Waals surface area contributed by atoms with E-state index in [9.17, 15) is 4.91 Å². The van der Waals surface area contributed by atoms with Crippen LogP contribution in [0, 0.1) is 11.0 Å². The van der Waals surface area contributed by atoms with Gasteiger partial charge in [0, 0.05) is 23.4 Å². The normalized spacial score (nSPS) is 10.8. The lowest BCUT2D eigenvalue weighted by atomic mass is 10.0. The van der Waals surface area contributed by atoms with Crippen molar-refractivity contribution in [3.05, 3.63) is 102 Å². The summed E-state index contributed by atoms with van der Waals surface area (Å²) >= 11 is 0. The fourth-order valence-corrected chi connectivity index (χ4v) is 3.42. The Hall–Kier alpha value is -4.52. The van der Waals surface area contributed by atoms with Crippen molar-refractivity contribution in [3.63, 3.8) is 0 Å². The molecule has 0 bridgehead atoms. The van der Waals surface area contributed by atoms with Gasteiger partial charge >= 0.3 is 0 Å². The number of hydrazine groups is 1. The lowest BCUT2D eigenvalue weighted by Crippen LogP contribution is -2.08. The summed E-state index contributed by atoms with van der Waals surface area (Å²) in [4.78, 5) is 16.5. The number of hydrogen-bond acceptors (Lipinski definition) is 4. The third kappa shape index (κ3) is 3.72. The average Bonchev–Trinajstić information content (AvgIpc) is 3.29. The maximum atomic E-state index is 11.4. The van der Waals surface area contributed by atoms with Crippen molar-refractivity contribution < 1.29 is 4.87 Å². The summed E-state index contributed by atoms with van der Waals surface area (Å²) in [6.07, 6.45) is 1.75. The third-order valence-electron chi connectivity index (χ3n) is 4.97. The second-order valence-electron chi connectivity index (χ2n) is 7.00. The van der Waals surface area contributed by atoms with Crippen LogP contribution >= 0.6 is 0 Å². The molecule has 2 heterocycles. The molecule has 0 aliphatic heterocycles. The second kappa shape index (κ2) is 7.72. The number of benzene rings is 3. The maximum absolute atomic E-state index is 11.4. The van der Waals surface area contributed by atoms with Gasteiger partial charge in [-0.3, -0.25) is 0 Å². The summed E-state index contributed by atoms with van der Waals surface area (Å²) in [7, 11) is 0. The topological polar surface area (TPSA) is 88.3 Å². The molecule has 5 rings (SSSR count). The van der Waals surface area contributed by atoms with Gasteiger partial charge in [0.1, 0.15) is 0 Å². The zero-order valence-electron chi connectivity index (χ0n) is 16.4. The van der Waals surface area contributed by atoms with E-state index >= 15 is 0 Å². The van der Waals surface area contributed by atoms with Gasteiger partial charge < -0.3 is 5.32 Å². The molecular formula is C24H18N6O+. The Morgan fingerprint density at radius 2 is 1.68 bits per heavy atom. The first-order valence-electron chi connectivity index (χ1n) is 9.68. The average molecular weight is 406 g/mol. The van der Waals surface area contributed by atoms with Crippen LogP contribution in [-0.4, -0.2) is 19.5 Å². The van der Waals surface area contributed by atoms with E-state index in [1.807, 2.05) is 72.8 Å². The number of rotatable bonds is 5. The molecule has 0 spiro atoms.